The van der Waals surface area contributed by atoms with E-state index in [1.807, 2.05) is 24.3 Å². The molecule has 7 heteroatoms. The molecule has 0 bridgehead atoms. The number of anilines is 1. The second-order valence-electron chi connectivity index (χ2n) is 6.01. The molecule has 1 saturated heterocycles. The molecule has 128 valence electrons. The van der Waals surface area contributed by atoms with E-state index in [0.29, 0.717) is 29.5 Å². The summed E-state index contributed by atoms with van der Waals surface area (Å²) in [6.45, 7) is 2.71. The quantitative estimate of drug-likeness (QED) is 0.767. The molecule has 0 spiro atoms. The van der Waals surface area contributed by atoms with Gasteiger partial charge < -0.3 is 19.3 Å². The topological polar surface area (TPSA) is 61.1 Å². The molecule has 1 amide bonds. The number of fused-ring (bicyclic) bond motifs is 1. The van der Waals surface area contributed by atoms with Gasteiger partial charge in [-0.05, 0) is 30.3 Å². The van der Waals surface area contributed by atoms with E-state index in [1.54, 1.807) is 33.8 Å². The SMILES string of the molecule is O=C(c1cn2cccc(O)c2n1)N1CCN(c2cccc(Cl)c2)CC1. The van der Waals surface area contributed by atoms with Gasteiger partial charge in [0, 0.05) is 49.3 Å². The van der Waals surface area contributed by atoms with Crippen molar-refractivity contribution in [1.82, 2.24) is 14.3 Å². The molecule has 1 N–H and O–H groups in total. The summed E-state index contributed by atoms with van der Waals surface area (Å²) in [5.74, 6) is -0.0545. The Labute approximate surface area is 149 Å². The van der Waals surface area contributed by atoms with Crippen molar-refractivity contribution in [3.05, 3.63) is 59.5 Å². The number of hydrogen-bond donors (Lipinski definition) is 1. The van der Waals surface area contributed by atoms with E-state index in [2.05, 4.69) is 9.88 Å². The number of amides is 1. The van der Waals surface area contributed by atoms with Crippen LogP contribution in [0.3, 0.4) is 0 Å². The molecule has 0 saturated carbocycles. The zero-order valence-corrected chi connectivity index (χ0v) is 14.2. The first kappa shape index (κ1) is 15.8. The van der Waals surface area contributed by atoms with Crippen LogP contribution in [0.15, 0.2) is 48.8 Å². The van der Waals surface area contributed by atoms with Gasteiger partial charge in [0.05, 0.1) is 0 Å². The van der Waals surface area contributed by atoms with E-state index in [1.165, 1.54) is 0 Å². The summed E-state index contributed by atoms with van der Waals surface area (Å²) in [4.78, 5) is 21.0. The molecule has 0 aliphatic carbocycles. The molecule has 6 nitrogen and oxygen atoms in total. The molecule has 1 aliphatic heterocycles. The van der Waals surface area contributed by atoms with E-state index in [9.17, 15) is 9.90 Å². The van der Waals surface area contributed by atoms with Gasteiger partial charge in [0.25, 0.3) is 5.91 Å². The maximum Gasteiger partial charge on any atom is 0.274 e. The van der Waals surface area contributed by atoms with Crippen molar-refractivity contribution >= 4 is 28.8 Å². The van der Waals surface area contributed by atoms with E-state index < -0.39 is 0 Å². The Morgan fingerprint density at radius 2 is 1.92 bits per heavy atom. The van der Waals surface area contributed by atoms with Gasteiger partial charge in [0.15, 0.2) is 11.4 Å². The van der Waals surface area contributed by atoms with E-state index in [0.717, 1.165) is 18.8 Å². The highest BCUT2D eigenvalue weighted by molar-refractivity contribution is 6.30. The number of carbonyl (C=O) groups excluding carboxylic acids is 1. The summed E-state index contributed by atoms with van der Waals surface area (Å²) in [5.41, 5.74) is 1.80. The zero-order chi connectivity index (χ0) is 17.4. The first-order valence-corrected chi connectivity index (χ1v) is 8.46. The zero-order valence-electron chi connectivity index (χ0n) is 13.5. The first-order chi connectivity index (χ1) is 12.1. The van der Waals surface area contributed by atoms with Crippen molar-refractivity contribution in [2.24, 2.45) is 0 Å². The van der Waals surface area contributed by atoms with E-state index in [-0.39, 0.29) is 11.7 Å². The number of piperazine rings is 1. The summed E-state index contributed by atoms with van der Waals surface area (Å²) >= 11 is 6.05. The number of hydrogen-bond acceptors (Lipinski definition) is 4. The van der Waals surface area contributed by atoms with Crippen LogP contribution in [-0.2, 0) is 0 Å². The fourth-order valence-corrected chi connectivity index (χ4v) is 3.29. The van der Waals surface area contributed by atoms with Crippen molar-refractivity contribution in [3.8, 4) is 5.75 Å². The van der Waals surface area contributed by atoms with Gasteiger partial charge in [-0.25, -0.2) is 4.98 Å². The molecule has 3 heterocycles. The number of aromatic hydroxyl groups is 1. The lowest BCUT2D eigenvalue weighted by atomic mass is 10.2. The van der Waals surface area contributed by atoms with E-state index in [4.69, 9.17) is 11.6 Å². The molecule has 2 aromatic heterocycles. The maximum absolute atomic E-state index is 12.7. The van der Waals surface area contributed by atoms with Crippen LogP contribution in [0, 0.1) is 0 Å². The lowest BCUT2D eigenvalue weighted by Gasteiger charge is -2.35. The summed E-state index contributed by atoms with van der Waals surface area (Å²) < 4.78 is 1.66. The number of imidazole rings is 1. The molecular formula is C18H17ClN4O2. The number of rotatable bonds is 2. The highest BCUT2D eigenvalue weighted by Gasteiger charge is 2.24. The molecule has 0 radical (unpaired) electrons. The minimum absolute atomic E-state index is 0.0623. The van der Waals surface area contributed by atoms with Crippen LogP contribution >= 0.6 is 11.6 Å². The Balaban J connectivity index is 1.48. The van der Waals surface area contributed by atoms with Gasteiger partial charge >= 0.3 is 0 Å². The third-order valence-corrected chi connectivity index (χ3v) is 4.66. The Morgan fingerprint density at radius 3 is 2.64 bits per heavy atom. The smallest absolute Gasteiger partial charge is 0.274 e. The Bertz CT molecular complexity index is 932. The molecule has 1 aliphatic rings. The molecule has 4 rings (SSSR count). The van der Waals surface area contributed by atoms with Crippen LogP contribution in [0.5, 0.6) is 5.75 Å². The minimum Gasteiger partial charge on any atom is -0.504 e. The maximum atomic E-state index is 12.7. The fourth-order valence-electron chi connectivity index (χ4n) is 3.10. The van der Waals surface area contributed by atoms with Crippen molar-refractivity contribution in [3.63, 3.8) is 0 Å². The predicted molar refractivity (Wildman–Crippen MR) is 96.4 cm³/mol. The van der Waals surface area contributed by atoms with Gasteiger partial charge in [0.1, 0.15) is 5.69 Å². The second kappa shape index (κ2) is 6.29. The highest BCUT2D eigenvalue weighted by atomic mass is 35.5. The monoisotopic (exact) mass is 356 g/mol. The number of nitrogens with zero attached hydrogens (tertiary/aromatic N) is 4. The van der Waals surface area contributed by atoms with Crippen molar-refractivity contribution in [2.75, 3.05) is 31.1 Å². The largest absolute Gasteiger partial charge is 0.504 e. The molecule has 0 atom stereocenters. The second-order valence-corrected chi connectivity index (χ2v) is 6.45. The summed E-state index contributed by atoms with van der Waals surface area (Å²) in [5, 5.41) is 10.5. The van der Waals surface area contributed by atoms with Crippen molar-refractivity contribution in [1.29, 1.82) is 0 Å². The summed E-state index contributed by atoms with van der Waals surface area (Å²) in [7, 11) is 0. The number of carbonyl (C=O) groups is 1. The van der Waals surface area contributed by atoms with Crippen molar-refractivity contribution in [2.45, 2.75) is 0 Å². The Morgan fingerprint density at radius 1 is 1.12 bits per heavy atom. The first-order valence-electron chi connectivity index (χ1n) is 8.08. The average molecular weight is 357 g/mol. The molecule has 1 aromatic carbocycles. The standard InChI is InChI=1S/C18H17ClN4O2/c19-13-3-1-4-14(11-13)21-7-9-22(10-8-21)18(25)15-12-23-6-2-5-16(24)17(23)20-15/h1-6,11-12,24H,7-10H2. The predicted octanol–water partition coefficient (Wildman–Crippen LogP) is 2.66. The molecular weight excluding hydrogens is 340 g/mol. The lowest BCUT2D eigenvalue weighted by molar-refractivity contribution is 0.0741. The summed E-state index contributed by atoms with van der Waals surface area (Å²) in [6, 6.07) is 11.0. The van der Waals surface area contributed by atoms with Gasteiger partial charge in [-0.2, -0.15) is 0 Å². The number of pyridine rings is 1. The number of aromatic nitrogens is 2. The Hall–Kier alpha value is -2.73. The Kier molecular flexibility index (Phi) is 3.97. The summed E-state index contributed by atoms with van der Waals surface area (Å²) in [6.07, 6.45) is 3.41. The molecule has 1 fully saturated rings. The van der Waals surface area contributed by atoms with Crippen LogP contribution < -0.4 is 4.90 Å². The van der Waals surface area contributed by atoms with Crippen LogP contribution in [0.25, 0.3) is 5.65 Å². The van der Waals surface area contributed by atoms with Crippen LogP contribution in [-0.4, -0.2) is 51.5 Å². The fraction of sp³-hybridized carbons (Fsp3) is 0.222. The van der Waals surface area contributed by atoms with Gasteiger partial charge in [-0.3, -0.25) is 4.79 Å². The third kappa shape index (κ3) is 3.00. The third-order valence-electron chi connectivity index (χ3n) is 4.42. The normalized spacial score (nSPS) is 14.9. The van der Waals surface area contributed by atoms with Crippen molar-refractivity contribution < 1.29 is 9.90 Å². The van der Waals surface area contributed by atoms with Gasteiger partial charge in [0.2, 0.25) is 0 Å². The molecule has 25 heavy (non-hydrogen) atoms. The number of halogens is 1. The minimum atomic E-state index is -0.117. The molecule has 0 unspecified atom stereocenters. The van der Waals surface area contributed by atoms with Gasteiger partial charge in [-0.1, -0.05) is 17.7 Å². The van der Waals surface area contributed by atoms with Crippen LogP contribution in [0.4, 0.5) is 5.69 Å². The highest BCUT2D eigenvalue weighted by Crippen LogP contribution is 2.22. The van der Waals surface area contributed by atoms with Crippen LogP contribution in [0.1, 0.15) is 10.5 Å². The van der Waals surface area contributed by atoms with E-state index >= 15 is 0 Å². The lowest BCUT2D eigenvalue weighted by Crippen LogP contribution is -2.48. The average Bonchev–Trinajstić information content (AvgIpc) is 3.07. The van der Waals surface area contributed by atoms with Crippen LogP contribution in [0.2, 0.25) is 5.02 Å². The number of benzene rings is 1. The molecule has 3 aromatic rings. The van der Waals surface area contributed by atoms with Gasteiger partial charge in [-0.15, -0.1) is 0 Å².